The van der Waals surface area contributed by atoms with Crippen molar-refractivity contribution < 1.29 is 4.74 Å². The Morgan fingerprint density at radius 2 is 2.36 bits per heavy atom. The number of benzene rings is 1. The molecule has 0 radical (unpaired) electrons. The van der Waals surface area contributed by atoms with Crippen molar-refractivity contribution >= 4 is 0 Å². The van der Waals surface area contributed by atoms with Crippen LogP contribution in [0.15, 0.2) is 36.1 Å². The SMILES string of the molecule is CC=C(C)Oc1cccc(CC#N)c1. The van der Waals surface area contributed by atoms with Gasteiger partial charge in [-0.1, -0.05) is 12.1 Å². The van der Waals surface area contributed by atoms with Crippen molar-refractivity contribution in [2.45, 2.75) is 20.3 Å². The van der Waals surface area contributed by atoms with Crippen LogP contribution in [0.25, 0.3) is 0 Å². The first-order valence-electron chi connectivity index (χ1n) is 4.53. The van der Waals surface area contributed by atoms with Gasteiger partial charge in [-0.3, -0.25) is 0 Å². The highest BCUT2D eigenvalue weighted by molar-refractivity contribution is 5.31. The van der Waals surface area contributed by atoms with Gasteiger partial charge in [0.25, 0.3) is 0 Å². The lowest BCUT2D eigenvalue weighted by Crippen LogP contribution is -1.91. The molecule has 2 nitrogen and oxygen atoms in total. The summed E-state index contributed by atoms with van der Waals surface area (Å²) in [5.41, 5.74) is 0.980. The standard InChI is InChI=1S/C12H13NO/c1-3-10(2)14-12-6-4-5-11(9-12)7-8-13/h3-6,9H,7H2,1-2H3. The van der Waals surface area contributed by atoms with Crippen LogP contribution < -0.4 is 4.74 Å². The predicted octanol–water partition coefficient (Wildman–Crippen LogP) is 3.06. The van der Waals surface area contributed by atoms with E-state index in [0.717, 1.165) is 17.1 Å². The van der Waals surface area contributed by atoms with E-state index >= 15 is 0 Å². The summed E-state index contributed by atoms with van der Waals surface area (Å²) in [6, 6.07) is 9.69. The molecule has 0 aliphatic rings. The monoisotopic (exact) mass is 187 g/mol. The van der Waals surface area contributed by atoms with E-state index in [-0.39, 0.29) is 0 Å². The summed E-state index contributed by atoms with van der Waals surface area (Å²) in [4.78, 5) is 0. The molecule has 1 aromatic carbocycles. The van der Waals surface area contributed by atoms with Gasteiger partial charge in [0.05, 0.1) is 18.2 Å². The second kappa shape index (κ2) is 5.08. The average molecular weight is 187 g/mol. The number of hydrogen-bond acceptors (Lipinski definition) is 2. The van der Waals surface area contributed by atoms with Gasteiger partial charge in [0.2, 0.25) is 0 Å². The summed E-state index contributed by atoms with van der Waals surface area (Å²) in [5.74, 6) is 1.65. The highest BCUT2D eigenvalue weighted by Crippen LogP contribution is 2.16. The van der Waals surface area contributed by atoms with Crippen LogP contribution in [0, 0.1) is 11.3 Å². The Morgan fingerprint density at radius 3 is 3.00 bits per heavy atom. The zero-order valence-corrected chi connectivity index (χ0v) is 8.45. The maximum absolute atomic E-state index is 8.54. The van der Waals surface area contributed by atoms with Gasteiger partial charge in [0.1, 0.15) is 5.75 Å². The Labute approximate surface area is 84.4 Å². The lowest BCUT2D eigenvalue weighted by Gasteiger charge is -2.05. The minimum atomic E-state index is 0.423. The van der Waals surface area contributed by atoms with Crippen molar-refractivity contribution in [2.75, 3.05) is 0 Å². The smallest absolute Gasteiger partial charge is 0.127 e. The Bertz CT molecular complexity index is 374. The summed E-state index contributed by atoms with van der Waals surface area (Å²) < 4.78 is 5.50. The molecule has 0 fully saturated rings. The molecule has 0 spiro atoms. The van der Waals surface area contributed by atoms with Crippen molar-refractivity contribution in [1.29, 1.82) is 5.26 Å². The minimum absolute atomic E-state index is 0.423. The highest BCUT2D eigenvalue weighted by Gasteiger charge is 1.96. The van der Waals surface area contributed by atoms with Crippen molar-refractivity contribution in [3.05, 3.63) is 41.7 Å². The lowest BCUT2D eigenvalue weighted by molar-refractivity contribution is 0.426. The fourth-order valence-electron chi connectivity index (χ4n) is 1.06. The molecular formula is C12H13NO. The highest BCUT2D eigenvalue weighted by atomic mass is 16.5. The largest absolute Gasteiger partial charge is 0.462 e. The van der Waals surface area contributed by atoms with Gasteiger partial charge < -0.3 is 4.74 Å². The molecule has 14 heavy (non-hydrogen) atoms. The van der Waals surface area contributed by atoms with E-state index in [9.17, 15) is 0 Å². The Morgan fingerprint density at radius 1 is 1.57 bits per heavy atom. The number of nitrogens with zero attached hydrogens (tertiary/aromatic N) is 1. The topological polar surface area (TPSA) is 33.0 Å². The number of rotatable bonds is 3. The van der Waals surface area contributed by atoms with Crippen LogP contribution in [0.4, 0.5) is 0 Å². The quantitative estimate of drug-likeness (QED) is 0.681. The van der Waals surface area contributed by atoms with Gasteiger partial charge in [0, 0.05) is 0 Å². The molecule has 0 N–H and O–H groups in total. The zero-order chi connectivity index (χ0) is 10.4. The first-order chi connectivity index (χ1) is 6.76. The molecule has 0 aromatic heterocycles. The summed E-state index contributed by atoms with van der Waals surface area (Å²) in [6.45, 7) is 3.82. The van der Waals surface area contributed by atoms with E-state index < -0.39 is 0 Å². The molecule has 0 unspecified atom stereocenters. The zero-order valence-electron chi connectivity index (χ0n) is 8.45. The van der Waals surface area contributed by atoms with Crippen LogP contribution in [-0.2, 0) is 6.42 Å². The van der Waals surface area contributed by atoms with E-state index in [1.54, 1.807) is 0 Å². The van der Waals surface area contributed by atoms with Crippen LogP contribution >= 0.6 is 0 Å². The lowest BCUT2D eigenvalue weighted by atomic mass is 10.1. The van der Waals surface area contributed by atoms with Gasteiger partial charge >= 0.3 is 0 Å². The molecule has 0 aliphatic carbocycles. The number of nitriles is 1. The fourth-order valence-corrected chi connectivity index (χ4v) is 1.06. The number of ether oxygens (including phenoxy) is 1. The summed E-state index contributed by atoms with van der Waals surface area (Å²) in [6.07, 6.45) is 2.32. The van der Waals surface area contributed by atoms with E-state index in [1.165, 1.54) is 0 Å². The van der Waals surface area contributed by atoms with Gasteiger partial charge in [-0.15, -0.1) is 0 Å². The second-order valence-corrected chi connectivity index (χ2v) is 2.98. The summed E-state index contributed by atoms with van der Waals surface area (Å²) in [7, 11) is 0. The summed E-state index contributed by atoms with van der Waals surface area (Å²) in [5, 5.41) is 8.54. The minimum Gasteiger partial charge on any atom is -0.462 e. The maximum Gasteiger partial charge on any atom is 0.127 e. The van der Waals surface area contributed by atoms with Crippen LogP contribution in [0.5, 0.6) is 5.75 Å². The molecule has 0 bridgehead atoms. The molecule has 72 valence electrons. The van der Waals surface area contributed by atoms with Crippen molar-refractivity contribution in [3.63, 3.8) is 0 Å². The Kier molecular flexibility index (Phi) is 3.75. The molecule has 0 atom stereocenters. The van der Waals surface area contributed by atoms with Gasteiger partial charge in [-0.25, -0.2) is 0 Å². The van der Waals surface area contributed by atoms with Gasteiger partial charge in [-0.2, -0.15) is 5.26 Å². The van der Waals surface area contributed by atoms with Crippen molar-refractivity contribution in [2.24, 2.45) is 0 Å². The molecule has 1 aromatic rings. The summed E-state index contributed by atoms with van der Waals surface area (Å²) >= 11 is 0. The van der Waals surface area contributed by atoms with Crippen LogP contribution in [0.2, 0.25) is 0 Å². The molecule has 0 aliphatic heterocycles. The van der Waals surface area contributed by atoms with Gasteiger partial charge in [0.15, 0.2) is 0 Å². The predicted molar refractivity (Wildman–Crippen MR) is 55.8 cm³/mol. The van der Waals surface area contributed by atoms with Crippen LogP contribution in [-0.4, -0.2) is 0 Å². The molecular weight excluding hydrogens is 174 g/mol. The molecule has 2 heteroatoms. The van der Waals surface area contributed by atoms with E-state index in [2.05, 4.69) is 6.07 Å². The Hall–Kier alpha value is -1.75. The average Bonchev–Trinajstić information content (AvgIpc) is 2.19. The first-order valence-corrected chi connectivity index (χ1v) is 4.53. The third-order valence-electron chi connectivity index (χ3n) is 1.87. The molecule has 0 saturated heterocycles. The van der Waals surface area contributed by atoms with Crippen molar-refractivity contribution in [1.82, 2.24) is 0 Å². The number of allylic oxidation sites excluding steroid dienone is 2. The molecule has 0 amide bonds. The van der Waals surface area contributed by atoms with Gasteiger partial charge in [-0.05, 0) is 37.6 Å². The van der Waals surface area contributed by atoms with E-state index in [4.69, 9.17) is 10.00 Å². The van der Waals surface area contributed by atoms with Crippen molar-refractivity contribution in [3.8, 4) is 11.8 Å². The van der Waals surface area contributed by atoms with Crippen LogP contribution in [0.3, 0.4) is 0 Å². The van der Waals surface area contributed by atoms with E-state index in [1.807, 2.05) is 44.2 Å². The second-order valence-electron chi connectivity index (χ2n) is 2.98. The number of hydrogen-bond donors (Lipinski definition) is 0. The van der Waals surface area contributed by atoms with Crippen LogP contribution in [0.1, 0.15) is 19.4 Å². The van der Waals surface area contributed by atoms with E-state index in [0.29, 0.717) is 6.42 Å². The Balaban J connectivity index is 2.79. The molecule has 1 rings (SSSR count). The normalized spacial score (nSPS) is 10.8. The third kappa shape index (κ3) is 2.95. The fraction of sp³-hybridized carbons (Fsp3) is 0.250. The first kappa shape index (κ1) is 10.3. The molecule has 0 saturated carbocycles. The maximum atomic E-state index is 8.54. The third-order valence-corrected chi connectivity index (χ3v) is 1.87. The molecule has 0 heterocycles.